The maximum Gasteiger partial charge on any atom is 0.306 e. The van der Waals surface area contributed by atoms with Crippen LogP contribution in [0.25, 0.3) is 0 Å². The SMILES string of the molecule is CC(C)C[C@H](CN)CC(=O)NCCCC(C)C(=O)O. The molecule has 0 radical (unpaired) electrons. The van der Waals surface area contributed by atoms with Crippen molar-refractivity contribution < 1.29 is 14.7 Å². The second-order valence-electron chi connectivity index (χ2n) is 5.67. The Morgan fingerprint density at radius 2 is 1.89 bits per heavy atom. The number of hydrogen-bond acceptors (Lipinski definition) is 3. The summed E-state index contributed by atoms with van der Waals surface area (Å²) < 4.78 is 0. The second-order valence-corrected chi connectivity index (χ2v) is 5.67. The van der Waals surface area contributed by atoms with Crippen molar-refractivity contribution in [1.82, 2.24) is 5.32 Å². The predicted octanol–water partition coefficient (Wildman–Crippen LogP) is 1.61. The Bertz CT molecular complexity index is 280. The van der Waals surface area contributed by atoms with E-state index in [1.54, 1.807) is 6.92 Å². The first-order valence-corrected chi connectivity index (χ1v) is 7.06. The van der Waals surface area contributed by atoms with E-state index in [2.05, 4.69) is 19.2 Å². The number of hydrogen-bond donors (Lipinski definition) is 3. The molecule has 0 aromatic rings. The number of aliphatic carboxylic acids is 1. The third-order valence-corrected chi connectivity index (χ3v) is 3.17. The van der Waals surface area contributed by atoms with Crippen LogP contribution in [0.15, 0.2) is 0 Å². The van der Waals surface area contributed by atoms with E-state index >= 15 is 0 Å². The van der Waals surface area contributed by atoms with Gasteiger partial charge in [0.05, 0.1) is 5.92 Å². The molecule has 4 N–H and O–H groups in total. The van der Waals surface area contributed by atoms with E-state index in [9.17, 15) is 9.59 Å². The maximum atomic E-state index is 11.7. The van der Waals surface area contributed by atoms with Gasteiger partial charge < -0.3 is 16.2 Å². The molecular formula is C14H28N2O3. The number of carboxylic acids is 1. The highest BCUT2D eigenvalue weighted by Gasteiger charge is 2.14. The molecule has 19 heavy (non-hydrogen) atoms. The molecule has 0 aliphatic rings. The van der Waals surface area contributed by atoms with Crippen LogP contribution in [0.4, 0.5) is 0 Å². The van der Waals surface area contributed by atoms with E-state index in [4.69, 9.17) is 10.8 Å². The van der Waals surface area contributed by atoms with E-state index in [1.165, 1.54) is 0 Å². The third kappa shape index (κ3) is 9.47. The summed E-state index contributed by atoms with van der Waals surface area (Å²) in [4.78, 5) is 22.3. The van der Waals surface area contributed by atoms with Gasteiger partial charge in [-0.3, -0.25) is 9.59 Å². The molecule has 0 bridgehead atoms. The van der Waals surface area contributed by atoms with Crippen LogP contribution in [-0.2, 0) is 9.59 Å². The minimum absolute atomic E-state index is 0.0130. The molecule has 0 heterocycles. The monoisotopic (exact) mass is 272 g/mol. The summed E-state index contributed by atoms with van der Waals surface area (Å²) in [6.07, 6.45) is 2.70. The molecule has 0 saturated heterocycles. The average molecular weight is 272 g/mol. The Morgan fingerprint density at radius 3 is 2.37 bits per heavy atom. The number of nitrogens with two attached hydrogens (primary N) is 1. The van der Waals surface area contributed by atoms with E-state index in [0.717, 1.165) is 6.42 Å². The first-order valence-electron chi connectivity index (χ1n) is 7.06. The van der Waals surface area contributed by atoms with Gasteiger partial charge in [-0.2, -0.15) is 0 Å². The third-order valence-electron chi connectivity index (χ3n) is 3.17. The van der Waals surface area contributed by atoms with E-state index in [1.807, 2.05) is 0 Å². The minimum Gasteiger partial charge on any atom is -0.481 e. The van der Waals surface area contributed by atoms with Crippen molar-refractivity contribution in [3.8, 4) is 0 Å². The van der Waals surface area contributed by atoms with Gasteiger partial charge in [0, 0.05) is 13.0 Å². The van der Waals surface area contributed by atoms with Crippen molar-refractivity contribution in [2.45, 2.75) is 46.5 Å². The van der Waals surface area contributed by atoms with Crippen molar-refractivity contribution >= 4 is 11.9 Å². The van der Waals surface area contributed by atoms with Gasteiger partial charge in [-0.05, 0) is 37.6 Å². The van der Waals surface area contributed by atoms with E-state index in [-0.39, 0.29) is 17.7 Å². The highest BCUT2D eigenvalue weighted by molar-refractivity contribution is 5.76. The fourth-order valence-electron chi connectivity index (χ4n) is 2.02. The molecule has 0 aromatic heterocycles. The van der Waals surface area contributed by atoms with Crippen molar-refractivity contribution in [1.29, 1.82) is 0 Å². The Balaban J connectivity index is 3.77. The number of carbonyl (C=O) groups is 2. The lowest BCUT2D eigenvalue weighted by molar-refractivity contribution is -0.141. The summed E-state index contributed by atoms with van der Waals surface area (Å²) in [6, 6.07) is 0. The molecule has 0 aliphatic carbocycles. The molecule has 5 nitrogen and oxygen atoms in total. The number of rotatable bonds is 10. The van der Waals surface area contributed by atoms with Crippen LogP contribution in [0.1, 0.15) is 46.5 Å². The quantitative estimate of drug-likeness (QED) is 0.527. The van der Waals surface area contributed by atoms with Gasteiger partial charge in [-0.25, -0.2) is 0 Å². The van der Waals surface area contributed by atoms with Gasteiger partial charge in [0.25, 0.3) is 0 Å². The molecule has 1 amide bonds. The first-order chi connectivity index (χ1) is 8.86. The number of amides is 1. The van der Waals surface area contributed by atoms with Gasteiger partial charge in [-0.1, -0.05) is 20.8 Å². The zero-order chi connectivity index (χ0) is 14.8. The summed E-state index contributed by atoms with van der Waals surface area (Å²) in [7, 11) is 0. The zero-order valence-corrected chi connectivity index (χ0v) is 12.3. The van der Waals surface area contributed by atoms with E-state index < -0.39 is 5.97 Å². The Kier molecular flexibility index (Phi) is 9.21. The van der Waals surface area contributed by atoms with Gasteiger partial charge in [0.15, 0.2) is 0 Å². The number of carbonyl (C=O) groups excluding carboxylic acids is 1. The summed E-state index contributed by atoms with van der Waals surface area (Å²) in [5.74, 6) is -0.351. The summed E-state index contributed by atoms with van der Waals surface area (Å²) in [5.41, 5.74) is 5.65. The first kappa shape index (κ1) is 17.9. The Morgan fingerprint density at radius 1 is 1.26 bits per heavy atom. The zero-order valence-electron chi connectivity index (χ0n) is 12.3. The smallest absolute Gasteiger partial charge is 0.306 e. The highest BCUT2D eigenvalue weighted by Crippen LogP contribution is 2.14. The van der Waals surface area contributed by atoms with Gasteiger partial charge in [0.2, 0.25) is 5.91 Å². The summed E-state index contributed by atoms with van der Waals surface area (Å²) in [5, 5.41) is 11.6. The van der Waals surface area contributed by atoms with Crippen molar-refractivity contribution in [3.63, 3.8) is 0 Å². The number of nitrogens with one attached hydrogen (secondary N) is 1. The van der Waals surface area contributed by atoms with Gasteiger partial charge in [0.1, 0.15) is 0 Å². The Hall–Kier alpha value is -1.10. The lowest BCUT2D eigenvalue weighted by Gasteiger charge is -2.16. The average Bonchev–Trinajstić information content (AvgIpc) is 2.32. The van der Waals surface area contributed by atoms with Crippen LogP contribution < -0.4 is 11.1 Å². The van der Waals surface area contributed by atoms with Gasteiger partial charge in [-0.15, -0.1) is 0 Å². The highest BCUT2D eigenvalue weighted by atomic mass is 16.4. The van der Waals surface area contributed by atoms with Crippen LogP contribution in [0.2, 0.25) is 0 Å². The Labute approximate surface area is 115 Å². The lowest BCUT2D eigenvalue weighted by Crippen LogP contribution is -2.29. The molecule has 0 spiro atoms. The molecule has 0 saturated carbocycles. The fraction of sp³-hybridized carbons (Fsp3) is 0.857. The number of carboxylic acid groups (broad SMARTS) is 1. The molecule has 2 atom stereocenters. The molecule has 0 fully saturated rings. The molecule has 0 aromatic carbocycles. The predicted molar refractivity (Wildman–Crippen MR) is 75.7 cm³/mol. The molecule has 1 unspecified atom stereocenters. The second kappa shape index (κ2) is 9.78. The molecule has 112 valence electrons. The van der Waals surface area contributed by atoms with Crippen molar-refractivity contribution in [2.75, 3.05) is 13.1 Å². The maximum absolute atomic E-state index is 11.7. The fourth-order valence-corrected chi connectivity index (χ4v) is 2.02. The molecule has 0 aliphatic heterocycles. The van der Waals surface area contributed by atoms with Crippen LogP contribution >= 0.6 is 0 Å². The van der Waals surface area contributed by atoms with Gasteiger partial charge >= 0.3 is 5.97 Å². The van der Waals surface area contributed by atoms with Crippen LogP contribution in [0.3, 0.4) is 0 Å². The molecule has 5 heteroatoms. The van der Waals surface area contributed by atoms with E-state index in [0.29, 0.717) is 38.3 Å². The van der Waals surface area contributed by atoms with Crippen LogP contribution in [-0.4, -0.2) is 30.1 Å². The van der Waals surface area contributed by atoms with Crippen molar-refractivity contribution in [3.05, 3.63) is 0 Å². The minimum atomic E-state index is -0.786. The summed E-state index contributed by atoms with van der Waals surface area (Å²) >= 11 is 0. The lowest BCUT2D eigenvalue weighted by atomic mass is 9.94. The summed E-state index contributed by atoms with van der Waals surface area (Å²) in [6.45, 7) is 6.98. The standard InChI is InChI=1S/C14H28N2O3/c1-10(2)7-12(9-15)8-13(17)16-6-4-5-11(3)14(18)19/h10-12H,4-9,15H2,1-3H3,(H,16,17)(H,18,19)/t11?,12-/m0/s1. The molecular weight excluding hydrogens is 244 g/mol. The van der Waals surface area contributed by atoms with Crippen LogP contribution in [0, 0.1) is 17.8 Å². The largest absolute Gasteiger partial charge is 0.481 e. The van der Waals surface area contributed by atoms with Crippen molar-refractivity contribution in [2.24, 2.45) is 23.5 Å². The van der Waals surface area contributed by atoms with Crippen LogP contribution in [0.5, 0.6) is 0 Å². The normalized spacial score (nSPS) is 14.2. The topological polar surface area (TPSA) is 92.4 Å². The molecule has 0 rings (SSSR count).